The summed E-state index contributed by atoms with van der Waals surface area (Å²) in [5.74, 6) is 1.05. The van der Waals surface area contributed by atoms with Gasteiger partial charge in [-0.15, -0.1) is 0 Å². The normalized spacial score (nSPS) is 28.0. The van der Waals surface area contributed by atoms with Gasteiger partial charge >= 0.3 is 0 Å². The third-order valence-electron chi connectivity index (χ3n) is 5.56. The molecule has 0 unspecified atom stereocenters. The Morgan fingerprint density at radius 1 is 1.21 bits per heavy atom. The molecule has 1 aromatic heterocycles. The summed E-state index contributed by atoms with van der Waals surface area (Å²) >= 11 is 0. The molecule has 0 N–H and O–H groups in total. The largest absolute Gasteiger partial charge is 0.374 e. The van der Waals surface area contributed by atoms with Crippen LogP contribution in [0.5, 0.6) is 0 Å². The number of carbonyl (C=O) groups is 1. The van der Waals surface area contributed by atoms with Crippen molar-refractivity contribution in [2.24, 2.45) is 0 Å². The Morgan fingerprint density at radius 2 is 2.04 bits per heavy atom. The van der Waals surface area contributed by atoms with Gasteiger partial charge in [-0.1, -0.05) is 0 Å². The lowest BCUT2D eigenvalue weighted by molar-refractivity contribution is -0.0445. The molecule has 0 aromatic carbocycles. The van der Waals surface area contributed by atoms with Crippen LogP contribution >= 0.6 is 0 Å². The Kier molecular flexibility index (Phi) is 4.41. The van der Waals surface area contributed by atoms with Crippen LogP contribution in [0.4, 0.5) is 5.82 Å². The second kappa shape index (κ2) is 6.69. The second-order valence-electron chi connectivity index (χ2n) is 7.10. The van der Waals surface area contributed by atoms with Gasteiger partial charge in [-0.3, -0.25) is 4.79 Å². The van der Waals surface area contributed by atoms with Crippen LogP contribution in [0.3, 0.4) is 0 Å². The van der Waals surface area contributed by atoms with Crippen molar-refractivity contribution in [3.63, 3.8) is 0 Å². The van der Waals surface area contributed by atoms with Crippen molar-refractivity contribution in [1.29, 1.82) is 0 Å². The van der Waals surface area contributed by atoms with E-state index in [0.29, 0.717) is 13.2 Å². The predicted octanol–water partition coefficient (Wildman–Crippen LogP) is 1.23. The SMILES string of the molecule is CN1CCN(c2cc(C(=O)N3CCO[C@H]4CCC[C@H]43)ccn2)CC1. The first-order chi connectivity index (χ1) is 11.7. The molecule has 6 heteroatoms. The molecule has 1 aromatic rings. The van der Waals surface area contributed by atoms with E-state index in [9.17, 15) is 4.79 Å². The van der Waals surface area contributed by atoms with E-state index in [1.54, 1.807) is 6.20 Å². The minimum atomic E-state index is 0.132. The number of morpholine rings is 1. The average molecular weight is 330 g/mol. The molecule has 2 aliphatic heterocycles. The summed E-state index contributed by atoms with van der Waals surface area (Å²) in [6.45, 7) is 5.35. The summed E-state index contributed by atoms with van der Waals surface area (Å²) in [6.07, 6.45) is 5.31. The first kappa shape index (κ1) is 15.8. The smallest absolute Gasteiger partial charge is 0.254 e. The van der Waals surface area contributed by atoms with Gasteiger partial charge in [0, 0.05) is 44.5 Å². The minimum Gasteiger partial charge on any atom is -0.374 e. The summed E-state index contributed by atoms with van der Waals surface area (Å²) in [4.78, 5) is 24.2. The Bertz CT molecular complexity index is 600. The lowest BCUT2D eigenvalue weighted by atomic mass is 10.1. The van der Waals surface area contributed by atoms with Crippen LogP contribution in [-0.4, -0.2) is 79.2 Å². The van der Waals surface area contributed by atoms with E-state index in [1.165, 1.54) is 0 Å². The molecule has 1 saturated carbocycles. The highest BCUT2D eigenvalue weighted by atomic mass is 16.5. The molecule has 0 radical (unpaired) electrons. The van der Waals surface area contributed by atoms with Crippen molar-refractivity contribution in [3.05, 3.63) is 23.9 Å². The summed E-state index contributed by atoms with van der Waals surface area (Å²) in [5, 5.41) is 0. The van der Waals surface area contributed by atoms with Gasteiger partial charge in [0.15, 0.2) is 0 Å². The third-order valence-corrected chi connectivity index (χ3v) is 5.56. The number of hydrogen-bond acceptors (Lipinski definition) is 5. The fraction of sp³-hybridized carbons (Fsp3) is 0.667. The number of aromatic nitrogens is 1. The lowest BCUT2D eigenvalue weighted by Gasteiger charge is -2.38. The molecule has 3 aliphatic rings. The molecule has 0 bridgehead atoms. The van der Waals surface area contributed by atoms with Gasteiger partial charge in [-0.25, -0.2) is 4.98 Å². The van der Waals surface area contributed by atoms with E-state index in [4.69, 9.17) is 4.74 Å². The number of anilines is 1. The van der Waals surface area contributed by atoms with E-state index >= 15 is 0 Å². The highest BCUT2D eigenvalue weighted by Gasteiger charge is 2.38. The molecule has 3 fully saturated rings. The van der Waals surface area contributed by atoms with Crippen molar-refractivity contribution in [2.45, 2.75) is 31.4 Å². The first-order valence-electron chi connectivity index (χ1n) is 9.04. The zero-order chi connectivity index (χ0) is 16.5. The number of fused-ring (bicyclic) bond motifs is 1. The minimum absolute atomic E-state index is 0.132. The van der Waals surface area contributed by atoms with Crippen molar-refractivity contribution in [1.82, 2.24) is 14.8 Å². The number of piperazine rings is 1. The van der Waals surface area contributed by atoms with E-state index in [2.05, 4.69) is 21.8 Å². The highest BCUT2D eigenvalue weighted by Crippen LogP contribution is 2.31. The van der Waals surface area contributed by atoms with E-state index in [0.717, 1.165) is 56.8 Å². The Hall–Kier alpha value is -1.66. The van der Waals surface area contributed by atoms with Gasteiger partial charge in [-0.05, 0) is 38.4 Å². The number of pyridine rings is 1. The fourth-order valence-electron chi connectivity index (χ4n) is 4.10. The summed E-state index contributed by atoms with van der Waals surface area (Å²) in [6, 6.07) is 4.07. The molecule has 1 aliphatic carbocycles. The molecule has 4 rings (SSSR count). The van der Waals surface area contributed by atoms with Crippen molar-refractivity contribution >= 4 is 11.7 Å². The third kappa shape index (κ3) is 3.00. The fourth-order valence-corrected chi connectivity index (χ4v) is 4.10. The van der Waals surface area contributed by atoms with Crippen molar-refractivity contribution < 1.29 is 9.53 Å². The molecule has 2 atom stereocenters. The number of rotatable bonds is 2. The predicted molar refractivity (Wildman–Crippen MR) is 92.4 cm³/mol. The summed E-state index contributed by atoms with van der Waals surface area (Å²) in [5.41, 5.74) is 0.756. The number of nitrogens with zero attached hydrogens (tertiary/aromatic N) is 4. The first-order valence-corrected chi connectivity index (χ1v) is 9.04. The van der Waals surface area contributed by atoms with Gasteiger partial charge < -0.3 is 19.4 Å². The zero-order valence-electron chi connectivity index (χ0n) is 14.4. The van der Waals surface area contributed by atoms with E-state index in [1.807, 2.05) is 17.0 Å². The molecule has 6 nitrogen and oxygen atoms in total. The van der Waals surface area contributed by atoms with Gasteiger partial charge in [0.2, 0.25) is 0 Å². The Balaban J connectivity index is 1.51. The average Bonchev–Trinajstić information content (AvgIpc) is 3.10. The maximum absolute atomic E-state index is 13.0. The molecular formula is C18H26N4O2. The topological polar surface area (TPSA) is 48.9 Å². The van der Waals surface area contributed by atoms with Crippen molar-refractivity contribution in [3.8, 4) is 0 Å². The van der Waals surface area contributed by atoms with Gasteiger partial charge in [-0.2, -0.15) is 0 Å². The molecule has 2 saturated heterocycles. The maximum atomic E-state index is 13.0. The van der Waals surface area contributed by atoms with Crippen LogP contribution in [0, 0.1) is 0 Å². The summed E-state index contributed by atoms with van der Waals surface area (Å²) in [7, 11) is 2.14. The monoisotopic (exact) mass is 330 g/mol. The molecule has 0 spiro atoms. The number of hydrogen-bond donors (Lipinski definition) is 0. The number of ether oxygens (including phenoxy) is 1. The second-order valence-corrected chi connectivity index (χ2v) is 7.10. The Labute approximate surface area is 143 Å². The number of likely N-dealkylation sites (N-methyl/N-ethyl adjacent to an activating group) is 1. The molecule has 3 heterocycles. The van der Waals surface area contributed by atoms with Crippen LogP contribution < -0.4 is 4.90 Å². The van der Waals surface area contributed by atoms with E-state index < -0.39 is 0 Å². The standard InChI is InChI=1S/C18H26N4O2/c1-20-7-9-21(10-8-20)17-13-14(5-6-19-17)18(23)22-11-12-24-16-4-2-3-15(16)22/h5-6,13,15-16H,2-4,7-12H2,1H3/t15-,16+/m1/s1. The van der Waals surface area contributed by atoms with Crippen LogP contribution in [0.2, 0.25) is 0 Å². The van der Waals surface area contributed by atoms with E-state index in [-0.39, 0.29) is 18.1 Å². The molecule has 24 heavy (non-hydrogen) atoms. The molecular weight excluding hydrogens is 304 g/mol. The van der Waals surface area contributed by atoms with Gasteiger partial charge in [0.25, 0.3) is 5.91 Å². The molecule has 1 amide bonds. The van der Waals surface area contributed by atoms with Gasteiger partial charge in [0.05, 0.1) is 18.8 Å². The van der Waals surface area contributed by atoms with Gasteiger partial charge in [0.1, 0.15) is 5.82 Å². The van der Waals surface area contributed by atoms with Crippen molar-refractivity contribution in [2.75, 3.05) is 51.3 Å². The Morgan fingerprint density at radius 3 is 2.88 bits per heavy atom. The quantitative estimate of drug-likeness (QED) is 0.816. The van der Waals surface area contributed by atoms with Crippen LogP contribution in [0.1, 0.15) is 29.6 Å². The van der Waals surface area contributed by atoms with Crippen LogP contribution in [0.25, 0.3) is 0 Å². The maximum Gasteiger partial charge on any atom is 0.254 e. The summed E-state index contributed by atoms with van der Waals surface area (Å²) < 4.78 is 5.83. The van der Waals surface area contributed by atoms with Crippen LogP contribution in [0.15, 0.2) is 18.3 Å². The molecule has 130 valence electrons. The zero-order valence-corrected chi connectivity index (χ0v) is 14.4. The number of carbonyl (C=O) groups excluding carboxylic acids is 1. The lowest BCUT2D eigenvalue weighted by Crippen LogP contribution is -2.51. The van der Waals surface area contributed by atoms with Crippen LogP contribution in [-0.2, 0) is 4.74 Å². The highest BCUT2D eigenvalue weighted by molar-refractivity contribution is 5.95. The number of amides is 1.